The van der Waals surface area contributed by atoms with Gasteiger partial charge < -0.3 is 49.9 Å². The summed E-state index contributed by atoms with van der Waals surface area (Å²) in [6.07, 6.45) is 11.9. The van der Waals surface area contributed by atoms with E-state index >= 15 is 0 Å². The van der Waals surface area contributed by atoms with Gasteiger partial charge in [-0.05, 0) is 371 Å². The third kappa shape index (κ3) is 52.0. The fraction of sp³-hybridized carbons (Fsp3) is 0.394. The summed E-state index contributed by atoms with van der Waals surface area (Å²) in [5, 5.41) is 42.5. The first-order valence-corrected chi connectivity index (χ1v) is 50.6. The van der Waals surface area contributed by atoms with Gasteiger partial charge in [0.05, 0.1) is 39.1 Å². The molecule has 8 aromatic carbocycles. The number of benzene rings is 8. The van der Waals surface area contributed by atoms with Crippen molar-refractivity contribution in [3.05, 3.63) is 284 Å². The largest absolute Gasteiger partial charge is 1.00 e. The predicted molar refractivity (Wildman–Crippen MR) is 622 cm³/mol. The number of nitrogen functional groups attached to an aromatic ring is 1. The molecular weight excluding hydrogens is 1950 g/mol. The van der Waals surface area contributed by atoms with Gasteiger partial charge in [-0.15, -0.1) is 15.3 Å². The maximum absolute atomic E-state index is 10.5. The molecule has 0 aliphatic rings. The van der Waals surface area contributed by atoms with Crippen molar-refractivity contribution in [3.63, 3.8) is 0 Å². The topological polar surface area (TPSA) is 137 Å². The molecule has 0 atom stereocenters. The highest BCUT2D eigenvalue weighted by Gasteiger charge is 2.20. The monoisotopic (exact) mass is 2110 g/mol. The van der Waals surface area contributed by atoms with Gasteiger partial charge in [0.1, 0.15) is 35.1 Å². The Morgan fingerprint density at radius 3 is 0.839 bits per heavy atom. The van der Waals surface area contributed by atoms with E-state index in [0.29, 0.717) is 28.4 Å². The standard InChI is InChI=1S/2C29H30N2O.C24H28N.C19H25N.C19H26N.C17H21N.2BrH/c1-20-22(14-16-28(2,3)4)18-24(19-23(20)15-17-29(5,6)7)30-31-27-25-11-9-8-10-21(25)12-13-26(27)32;1-20-18-22(14-16-28(2,3)4)26(23(19-20)15-17-29(5,6)7)30-31-27-24-11-9-8-10-21(24)12-13-25(27)32;1-23(2,3)14-12-21-16-22(13-15-24(4,5)6)19-25(18-21)17-20-10-8-7-9-11-20;1-14-15(8-10-18(2,3)4)12-17(20)13-16(14)9-11-19(5,6)7;1-8-20-14-16(9-11-18(2,3)4)13-17(15-20)10-12-19(5,6)7;1-16(2,3)9-7-14-11-15(13-18-12-14)8-10-17(4,5)6;;/h2*8-13,18-19,32H,1-7H3;7-11,16,18-19H,17H2,1-6H3;12-13H,20H2,1-7H3;13-15H,8H2,1-7H3;11-13H,1-6H3;2*1H/q;;+1;;+1;;;/p-2. The van der Waals surface area contributed by atoms with E-state index in [1.165, 1.54) is 5.56 Å². The summed E-state index contributed by atoms with van der Waals surface area (Å²) in [6.45, 7) is 85.6. The van der Waals surface area contributed by atoms with E-state index in [4.69, 9.17) is 5.73 Å². The summed E-state index contributed by atoms with van der Waals surface area (Å²) in [4.78, 5) is 4.18. The minimum absolute atomic E-state index is 0. The van der Waals surface area contributed by atoms with E-state index in [0.717, 1.165) is 118 Å². The molecule has 0 saturated carbocycles. The van der Waals surface area contributed by atoms with Crippen molar-refractivity contribution in [1.82, 2.24) is 4.98 Å². The molecule has 10 nitrogen and oxygen atoms in total. The summed E-state index contributed by atoms with van der Waals surface area (Å²) < 4.78 is 4.31. The lowest BCUT2D eigenvalue weighted by atomic mass is 9.94. The number of pyridine rings is 3. The number of fused-ring (bicyclic) bond motifs is 2. The number of hydrogen-bond donors (Lipinski definition) is 3. The van der Waals surface area contributed by atoms with Crippen LogP contribution in [0.25, 0.3) is 21.5 Å². The number of rotatable bonds is 7. The molecule has 0 radical (unpaired) electrons. The maximum atomic E-state index is 10.5. The number of azo groups is 2. The molecule has 0 unspecified atom stereocenters. The fourth-order valence-corrected chi connectivity index (χ4v) is 12.3. The Morgan fingerprint density at radius 2 is 0.530 bits per heavy atom. The molecule has 12 heteroatoms. The van der Waals surface area contributed by atoms with Crippen LogP contribution in [0.2, 0.25) is 0 Å². The number of hydrogen-bond acceptors (Lipinski definition) is 8. The van der Waals surface area contributed by atoms with Gasteiger partial charge >= 0.3 is 0 Å². The molecule has 0 amide bonds. The third-order valence-electron chi connectivity index (χ3n) is 19.4. The Balaban J connectivity index is 0.000000376. The molecule has 149 heavy (non-hydrogen) atoms. The van der Waals surface area contributed by atoms with Gasteiger partial charge in [0.2, 0.25) is 0 Å². The van der Waals surface area contributed by atoms with Gasteiger partial charge in [-0.1, -0.05) is 233 Å². The van der Waals surface area contributed by atoms with Gasteiger partial charge in [0.25, 0.3) is 0 Å². The zero-order valence-electron chi connectivity index (χ0n) is 96.7. The Labute approximate surface area is 920 Å². The van der Waals surface area contributed by atoms with Crippen molar-refractivity contribution < 1.29 is 53.3 Å². The molecule has 0 aliphatic carbocycles. The zero-order valence-corrected chi connectivity index (χ0v) is 99.9. The molecule has 0 spiro atoms. The molecule has 11 aromatic rings. The first-order chi connectivity index (χ1) is 67.7. The average Bonchev–Trinajstić information content (AvgIpc) is 0.801. The Kier molecular flexibility index (Phi) is 46.8. The van der Waals surface area contributed by atoms with Gasteiger partial charge in [-0.3, -0.25) is 4.98 Å². The molecular formula is C137H160Br2N8O2. The number of nitrogens with two attached hydrogens (primary N) is 1. The van der Waals surface area contributed by atoms with E-state index in [1.54, 1.807) is 24.5 Å². The summed E-state index contributed by atoms with van der Waals surface area (Å²) in [5.41, 5.74) is 24.0. The number of phenols is 2. The second kappa shape index (κ2) is 54.8. The van der Waals surface area contributed by atoms with Gasteiger partial charge in [0.15, 0.2) is 31.3 Å². The molecule has 11 rings (SSSR count). The minimum atomic E-state index is -0.149. The van der Waals surface area contributed by atoms with Crippen molar-refractivity contribution in [2.45, 2.75) is 290 Å². The second-order valence-electron chi connectivity index (χ2n) is 49.4. The lowest BCUT2D eigenvalue weighted by Gasteiger charge is -2.10. The van der Waals surface area contributed by atoms with E-state index in [2.05, 4.69) is 501 Å². The van der Waals surface area contributed by atoms with Gasteiger partial charge in [0, 0.05) is 133 Å². The maximum Gasteiger partial charge on any atom is 0.184 e. The van der Waals surface area contributed by atoms with E-state index in [-0.39, 0.29) is 110 Å². The number of anilines is 1. The smallest absolute Gasteiger partial charge is 0.184 e. The van der Waals surface area contributed by atoms with E-state index in [9.17, 15) is 10.2 Å². The number of phenolic OH excluding ortho intramolecular Hbond substituents is 2. The van der Waals surface area contributed by atoms with Crippen molar-refractivity contribution >= 4 is 50.0 Å². The third-order valence-corrected chi connectivity index (χ3v) is 19.4. The van der Waals surface area contributed by atoms with E-state index in [1.807, 2.05) is 123 Å². The summed E-state index contributed by atoms with van der Waals surface area (Å²) >= 11 is 0. The predicted octanol–water partition coefficient (Wildman–Crippen LogP) is 27.0. The SMILES string of the molecule is CC(C)(C)C#Cc1cc(C#CC(C)(C)C)c[n+](Cc2ccccc2)c1.CC(C)(C)C#Cc1cncc(C#CC(C)(C)C)c1.CC[n+]1cc(C#CC(C)(C)C)cc(C#CC(C)(C)C)c1.Cc1c(C#CC(C)(C)C)cc(N)cc1C#CC(C)(C)C.Cc1c(C#CC(C)(C)C)cc(N=Nc2c(O)ccc3ccccc23)cc1C#CC(C)(C)C.Cc1cc(C#CC(C)(C)C)c(N=Nc2c(O)ccc3ccccc23)c(C#CC(C)(C)C)c1.[Br-].[Br-]. The summed E-state index contributed by atoms with van der Waals surface area (Å²) in [7, 11) is 0. The van der Waals surface area contributed by atoms with Crippen LogP contribution in [0, 0.1) is 228 Å². The van der Waals surface area contributed by atoms with Crippen LogP contribution in [0.5, 0.6) is 11.5 Å². The Morgan fingerprint density at radius 1 is 0.275 bits per heavy atom. The van der Waals surface area contributed by atoms with Crippen LogP contribution in [0.4, 0.5) is 28.4 Å². The highest BCUT2D eigenvalue weighted by atomic mass is 79.9. The fourth-order valence-electron chi connectivity index (χ4n) is 12.3. The highest BCUT2D eigenvalue weighted by molar-refractivity contribution is 5.96. The Hall–Kier alpha value is -14.0. The van der Waals surface area contributed by atoms with E-state index < -0.39 is 0 Å². The molecule has 3 aromatic heterocycles. The van der Waals surface area contributed by atoms with Crippen LogP contribution in [0.15, 0.2) is 215 Å². The van der Waals surface area contributed by atoms with Crippen LogP contribution in [0.3, 0.4) is 0 Å². The number of halogens is 2. The molecule has 0 fully saturated rings. The van der Waals surface area contributed by atoms with Gasteiger partial charge in [-0.2, -0.15) is 9.68 Å². The number of aromatic hydroxyl groups is 2. The molecule has 0 bridgehead atoms. The van der Waals surface area contributed by atoms with Crippen molar-refractivity contribution in [2.75, 3.05) is 5.73 Å². The number of nitrogens with zero attached hydrogens (tertiary/aromatic N) is 7. The van der Waals surface area contributed by atoms with Crippen LogP contribution >= 0.6 is 0 Å². The molecule has 0 aliphatic heterocycles. The first kappa shape index (κ1) is 127. The molecule has 4 N–H and O–H groups in total. The normalized spacial score (nSPS) is 11.2. The quantitative estimate of drug-likeness (QED) is 0.0633. The molecule has 0 saturated heterocycles. The summed E-state index contributed by atoms with van der Waals surface area (Å²) in [6, 6.07) is 51.0. The average molecular weight is 2110 g/mol. The lowest BCUT2D eigenvalue weighted by Crippen LogP contribution is -3.00. The van der Waals surface area contributed by atoms with Crippen LogP contribution in [0.1, 0.15) is 345 Å². The summed E-state index contributed by atoms with van der Waals surface area (Å²) in [5.74, 6) is 78.5. The zero-order chi connectivity index (χ0) is 110. The Bertz CT molecular complexity index is 7170. The highest BCUT2D eigenvalue weighted by Crippen LogP contribution is 2.40. The van der Waals surface area contributed by atoms with Crippen LogP contribution in [-0.2, 0) is 13.1 Å². The van der Waals surface area contributed by atoms with Gasteiger partial charge in [-0.25, -0.2) is 4.57 Å². The lowest BCUT2D eigenvalue weighted by molar-refractivity contribution is -0.693. The molecule has 774 valence electrons. The first-order valence-electron chi connectivity index (χ1n) is 50.6. The van der Waals surface area contributed by atoms with Crippen LogP contribution in [-0.4, -0.2) is 15.2 Å². The van der Waals surface area contributed by atoms with Crippen molar-refractivity contribution in [2.24, 2.45) is 85.4 Å². The van der Waals surface area contributed by atoms with Crippen molar-refractivity contribution in [3.8, 4) is 154 Å². The van der Waals surface area contributed by atoms with Crippen LogP contribution < -0.4 is 48.8 Å². The number of aryl methyl sites for hydroxylation is 2. The number of aromatic nitrogens is 3. The minimum Gasteiger partial charge on any atom is -1.00 e. The van der Waals surface area contributed by atoms with Crippen molar-refractivity contribution in [1.29, 1.82) is 0 Å². The molecule has 3 heterocycles. The second-order valence-corrected chi connectivity index (χ2v) is 49.4.